The van der Waals surface area contributed by atoms with E-state index in [9.17, 15) is 13.2 Å². The number of hydrogen-bond acceptors (Lipinski definition) is 2. The van der Waals surface area contributed by atoms with Crippen LogP contribution in [0.15, 0.2) is 24.5 Å². The largest absolute Gasteiger partial charge is 0.418 e. The number of nitrogens with zero attached hydrogens (tertiary/aromatic N) is 1. The van der Waals surface area contributed by atoms with Crippen LogP contribution in [0.1, 0.15) is 11.7 Å². The van der Waals surface area contributed by atoms with E-state index in [1.165, 1.54) is 18.3 Å². The number of rotatable bonds is 2. The molecule has 5 heteroatoms. The lowest BCUT2D eigenvalue weighted by Crippen LogP contribution is -2.22. The third-order valence-corrected chi connectivity index (χ3v) is 1.52. The van der Waals surface area contributed by atoms with Gasteiger partial charge < -0.3 is 4.74 Å². The lowest BCUT2D eigenvalue weighted by atomic mass is 10.1. The first-order valence-electron chi connectivity index (χ1n) is 3.55. The monoisotopic (exact) mass is 191 g/mol. The molecule has 0 spiro atoms. The van der Waals surface area contributed by atoms with Gasteiger partial charge in [-0.05, 0) is 6.07 Å². The van der Waals surface area contributed by atoms with E-state index in [4.69, 9.17) is 0 Å². The van der Waals surface area contributed by atoms with E-state index in [0.717, 1.165) is 13.3 Å². The van der Waals surface area contributed by atoms with Crippen LogP contribution >= 0.6 is 0 Å². The van der Waals surface area contributed by atoms with E-state index in [1.54, 1.807) is 0 Å². The van der Waals surface area contributed by atoms with E-state index in [-0.39, 0.29) is 5.56 Å². The van der Waals surface area contributed by atoms with Crippen molar-refractivity contribution < 1.29 is 17.9 Å². The smallest absolute Gasteiger partial charge is 0.367 e. The van der Waals surface area contributed by atoms with Crippen molar-refractivity contribution in [2.45, 2.75) is 12.3 Å². The molecule has 0 unspecified atom stereocenters. The molecule has 1 heterocycles. The molecule has 1 aromatic rings. The topological polar surface area (TPSA) is 22.1 Å². The Hall–Kier alpha value is -1.10. The summed E-state index contributed by atoms with van der Waals surface area (Å²) in [5.74, 6) is 0. The Bertz CT molecular complexity index is 260. The molecule has 0 radical (unpaired) electrons. The van der Waals surface area contributed by atoms with Crippen LogP contribution in [0.2, 0.25) is 0 Å². The molecule has 0 saturated heterocycles. The maximum Gasteiger partial charge on any atom is 0.418 e. The van der Waals surface area contributed by atoms with Crippen molar-refractivity contribution in [3.63, 3.8) is 0 Å². The number of ether oxygens (including phenoxy) is 1. The highest BCUT2D eigenvalue weighted by atomic mass is 19.4. The normalized spacial score (nSPS) is 14.2. The molecule has 0 N–H and O–H groups in total. The highest BCUT2D eigenvalue weighted by Gasteiger charge is 2.41. The number of methoxy groups -OCH3 is 1. The molecule has 0 aliphatic carbocycles. The second-order valence-electron chi connectivity index (χ2n) is 2.44. The van der Waals surface area contributed by atoms with Gasteiger partial charge in [-0.3, -0.25) is 4.98 Å². The number of halogens is 3. The van der Waals surface area contributed by atoms with Crippen LogP contribution in [0.4, 0.5) is 13.2 Å². The molecule has 1 atom stereocenters. The average molecular weight is 191 g/mol. The molecule has 0 aliphatic rings. The fourth-order valence-electron chi connectivity index (χ4n) is 0.990. The van der Waals surface area contributed by atoms with Gasteiger partial charge in [-0.2, -0.15) is 13.2 Å². The van der Waals surface area contributed by atoms with E-state index in [1.807, 2.05) is 0 Å². The Morgan fingerprint density at radius 2 is 2.15 bits per heavy atom. The van der Waals surface area contributed by atoms with Gasteiger partial charge in [0.25, 0.3) is 0 Å². The summed E-state index contributed by atoms with van der Waals surface area (Å²) >= 11 is 0. The highest BCUT2D eigenvalue weighted by Crippen LogP contribution is 2.34. The van der Waals surface area contributed by atoms with Crippen LogP contribution in [0.5, 0.6) is 0 Å². The van der Waals surface area contributed by atoms with Gasteiger partial charge in [-0.15, -0.1) is 0 Å². The predicted octanol–water partition coefficient (Wildman–Crippen LogP) is 2.33. The molecule has 72 valence electrons. The first-order valence-corrected chi connectivity index (χ1v) is 3.55. The lowest BCUT2D eigenvalue weighted by Gasteiger charge is -2.18. The van der Waals surface area contributed by atoms with Crippen LogP contribution < -0.4 is 0 Å². The first kappa shape index (κ1) is 9.98. The molecule has 0 amide bonds. The van der Waals surface area contributed by atoms with Gasteiger partial charge in [0.15, 0.2) is 6.10 Å². The Morgan fingerprint density at radius 1 is 1.46 bits per heavy atom. The van der Waals surface area contributed by atoms with Gasteiger partial charge >= 0.3 is 6.18 Å². The van der Waals surface area contributed by atoms with Crippen molar-refractivity contribution in [2.75, 3.05) is 7.11 Å². The van der Waals surface area contributed by atoms with Gasteiger partial charge in [0.05, 0.1) is 0 Å². The molecule has 0 fully saturated rings. The van der Waals surface area contributed by atoms with Crippen LogP contribution in [-0.4, -0.2) is 18.3 Å². The quantitative estimate of drug-likeness (QED) is 0.715. The summed E-state index contributed by atoms with van der Waals surface area (Å²) in [5.41, 5.74) is 0.0116. The molecule has 0 bridgehead atoms. The summed E-state index contributed by atoms with van der Waals surface area (Å²) in [4.78, 5) is 3.59. The first-order chi connectivity index (χ1) is 6.05. The van der Waals surface area contributed by atoms with Gasteiger partial charge in [-0.1, -0.05) is 6.07 Å². The maximum absolute atomic E-state index is 12.3. The molecule has 0 aromatic carbocycles. The molecule has 2 nitrogen and oxygen atoms in total. The van der Waals surface area contributed by atoms with Gasteiger partial charge in [0.1, 0.15) is 0 Å². The molecule has 13 heavy (non-hydrogen) atoms. The van der Waals surface area contributed by atoms with E-state index in [0.29, 0.717) is 0 Å². The summed E-state index contributed by atoms with van der Waals surface area (Å²) in [5, 5.41) is 0. The van der Waals surface area contributed by atoms with E-state index < -0.39 is 12.3 Å². The molecule has 1 aromatic heterocycles. The van der Waals surface area contributed by atoms with Gasteiger partial charge in [0, 0.05) is 25.1 Å². The minimum Gasteiger partial charge on any atom is -0.367 e. The second-order valence-corrected chi connectivity index (χ2v) is 2.44. The number of pyridine rings is 1. The summed E-state index contributed by atoms with van der Waals surface area (Å²) in [6.07, 6.45) is -3.73. The molecule has 1 rings (SSSR count). The van der Waals surface area contributed by atoms with Crippen LogP contribution in [0.25, 0.3) is 0 Å². The zero-order chi connectivity index (χ0) is 9.90. The number of aromatic nitrogens is 1. The minimum absolute atomic E-state index is 0.0116. The van der Waals surface area contributed by atoms with Crippen molar-refractivity contribution in [1.82, 2.24) is 4.98 Å². The van der Waals surface area contributed by atoms with E-state index >= 15 is 0 Å². The van der Waals surface area contributed by atoms with Crippen molar-refractivity contribution in [2.24, 2.45) is 0 Å². The molecule has 0 aliphatic heterocycles. The Labute approximate surface area is 73.4 Å². The summed E-state index contributed by atoms with van der Waals surface area (Å²) in [7, 11) is 1.02. The fourth-order valence-corrected chi connectivity index (χ4v) is 0.990. The Kier molecular flexibility index (Phi) is 2.87. The van der Waals surface area contributed by atoms with Gasteiger partial charge in [-0.25, -0.2) is 0 Å². The second kappa shape index (κ2) is 3.74. The van der Waals surface area contributed by atoms with Crippen LogP contribution in [0.3, 0.4) is 0 Å². The Morgan fingerprint density at radius 3 is 2.54 bits per heavy atom. The third kappa shape index (κ3) is 2.42. The maximum atomic E-state index is 12.3. The van der Waals surface area contributed by atoms with E-state index in [2.05, 4.69) is 9.72 Å². The highest BCUT2D eigenvalue weighted by molar-refractivity contribution is 5.13. The van der Waals surface area contributed by atoms with Crippen molar-refractivity contribution >= 4 is 0 Å². The Balaban J connectivity index is 2.92. The summed E-state index contributed by atoms with van der Waals surface area (Å²) < 4.78 is 41.1. The SMILES string of the molecule is CO[C@H](c1cccnc1)C(F)(F)F. The predicted molar refractivity (Wildman–Crippen MR) is 40.0 cm³/mol. The van der Waals surface area contributed by atoms with Crippen LogP contribution in [-0.2, 0) is 4.74 Å². The molecule has 0 saturated carbocycles. The fraction of sp³-hybridized carbons (Fsp3) is 0.375. The van der Waals surface area contributed by atoms with Crippen molar-refractivity contribution in [3.05, 3.63) is 30.1 Å². The van der Waals surface area contributed by atoms with Gasteiger partial charge in [0.2, 0.25) is 0 Å². The van der Waals surface area contributed by atoms with Crippen LogP contribution in [0, 0.1) is 0 Å². The average Bonchev–Trinajstić information content (AvgIpc) is 2.05. The summed E-state index contributed by atoms with van der Waals surface area (Å²) in [6.45, 7) is 0. The zero-order valence-corrected chi connectivity index (χ0v) is 6.88. The lowest BCUT2D eigenvalue weighted by molar-refractivity contribution is -0.216. The standard InChI is InChI=1S/C8H8F3NO/c1-13-7(8(9,10)11)6-3-2-4-12-5-6/h2-5,7H,1H3/t7-/m1/s1. The number of alkyl halides is 3. The molecular formula is C8H8F3NO. The van der Waals surface area contributed by atoms with Crippen molar-refractivity contribution in [3.8, 4) is 0 Å². The summed E-state index contributed by atoms with van der Waals surface area (Å²) in [6, 6.07) is 2.77. The molecular weight excluding hydrogens is 183 g/mol. The number of hydrogen-bond donors (Lipinski definition) is 0. The third-order valence-electron chi connectivity index (χ3n) is 1.52. The minimum atomic E-state index is -4.39. The zero-order valence-electron chi connectivity index (χ0n) is 6.88. The van der Waals surface area contributed by atoms with Crippen molar-refractivity contribution in [1.29, 1.82) is 0 Å².